The molecule has 0 bridgehead atoms. The van der Waals surface area contributed by atoms with Gasteiger partial charge in [-0.2, -0.15) is 0 Å². The first-order valence-electron chi connectivity index (χ1n) is 6.69. The van der Waals surface area contributed by atoms with Crippen LogP contribution in [0.25, 0.3) is 0 Å². The van der Waals surface area contributed by atoms with Crippen molar-refractivity contribution in [2.24, 2.45) is 11.8 Å². The van der Waals surface area contributed by atoms with Gasteiger partial charge in [0.2, 0.25) is 0 Å². The first kappa shape index (κ1) is 14.7. The summed E-state index contributed by atoms with van der Waals surface area (Å²) in [5.41, 5.74) is 3.27. The number of hydrogen-bond donors (Lipinski definition) is 0. The van der Waals surface area contributed by atoms with Crippen molar-refractivity contribution in [2.45, 2.75) is 73.6 Å². The highest BCUT2D eigenvalue weighted by Crippen LogP contribution is 2.24. The molecule has 0 saturated carbocycles. The van der Waals surface area contributed by atoms with Crippen molar-refractivity contribution in [1.29, 1.82) is 0 Å². The fourth-order valence-electron chi connectivity index (χ4n) is 2.35. The minimum Gasteiger partial charge on any atom is -0.0739 e. The van der Waals surface area contributed by atoms with Gasteiger partial charge in [-0.05, 0) is 38.5 Å². The summed E-state index contributed by atoms with van der Waals surface area (Å²) in [4.78, 5) is 0. The topological polar surface area (TPSA) is 0 Å². The van der Waals surface area contributed by atoms with E-state index in [9.17, 15) is 0 Å². The Balaban J connectivity index is 4.23. The van der Waals surface area contributed by atoms with Crippen LogP contribution in [-0.4, -0.2) is 0 Å². The number of hydrogen-bond acceptors (Lipinski definition) is 0. The van der Waals surface area contributed by atoms with E-state index in [0.717, 1.165) is 11.8 Å². The maximum Gasteiger partial charge on any atom is -0.0232 e. The molecule has 0 heteroatoms. The predicted octanol–water partition coefficient (Wildman–Crippen LogP) is 5.59. The summed E-state index contributed by atoms with van der Waals surface area (Å²) >= 11 is 0. The molecule has 0 aromatic rings. The second-order valence-corrected chi connectivity index (χ2v) is 5.25. The summed E-state index contributed by atoms with van der Waals surface area (Å²) in [6.45, 7) is 14.0. The minimum absolute atomic E-state index is 0.781. The van der Waals surface area contributed by atoms with Crippen LogP contribution in [0.2, 0.25) is 0 Å². The van der Waals surface area contributed by atoms with Crippen LogP contribution in [0, 0.1) is 11.8 Å². The van der Waals surface area contributed by atoms with Crippen molar-refractivity contribution in [3.05, 3.63) is 11.1 Å². The Morgan fingerprint density at radius 2 is 1.47 bits per heavy atom. The maximum atomic E-state index is 2.38. The lowest BCUT2D eigenvalue weighted by molar-refractivity contribution is 0.510. The molecule has 0 N–H and O–H groups in total. The third kappa shape index (κ3) is 6.02. The second-order valence-electron chi connectivity index (χ2n) is 5.25. The van der Waals surface area contributed by atoms with Crippen molar-refractivity contribution in [2.75, 3.05) is 0 Å². The van der Waals surface area contributed by atoms with E-state index in [-0.39, 0.29) is 0 Å². The van der Waals surface area contributed by atoms with Gasteiger partial charge in [0.1, 0.15) is 0 Å². The molecule has 0 amide bonds. The summed E-state index contributed by atoms with van der Waals surface area (Å²) in [5.74, 6) is 1.64. The third-order valence-corrected chi connectivity index (χ3v) is 3.57. The van der Waals surface area contributed by atoms with Gasteiger partial charge in [0.05, 0.1) is 0 Å². The Morgan fingerprint density at radius 3 is 1.93 bits per heavy atom. The molecule has 0 saturated heterocycles. The fourth-order valence-corrected chi connectivity index (χ4v) is 2.35. The lowest BCUT2D eigenvalue weighted by atomic mass is 9.89. The largest absolute Gasteiger partial charge is 0.0739 e. The van der Waals surface area contributed by atoms with Crippen molar-refractivity contribution < 1.29 is 0 Å². The van der Waals surface area contributed by atoms with Gasteiger partial charge in [0, 0.05) is 0 Å². The Labute approximate surface area is 97.2 Å². The molecule has 0 aliphatic heterocycles. The molecule has 0 fully saturated rings. The van der Waals surface area contributed by atoms with Gasteiger partial charge >= 0.3 is 0 Å². The normalized spacial score (nSPS) is 17.2. The lowest BCUT2D eigenvalue weighted by Crippen LogP contribution is -2.02. The van der Waals surface area contributed by atoms with Crippen LogP contribution >= 0.6 is 0 Å². The quantitative estimate of drug-likeness (QED) is 0.481. The van der Waals surface area contributed by atoms with E-state index >= 15 is 0 Å². The molecule has 0 aromatic heterocycles. The summed E-state index contributed by atoms with van der Waals surface area (Å²) in [7, 11) is 0. The van der Waals surface area contributed by atoms with Crippen molar-refractivity contribution in [1.82, 2.24) is 0 Å². The Morgan fingerprint density at radius 1 is 0.933 bits per heavy atom. The Kier molecular flexibility index (Phi) is 7.82. The van der Waals surface area contributed by atoms with Gasteiger partial charge in [-0.3, -0.25) is 0 Å². The lowest BCUT2D eigenvalue weighted by Gasteiger charge is -2.17. The molecule has 90 valence electrons. The maximum absolute atomic E-state index is 2.38. The smallest absolute Gasteiger partial charge is 0.0232 e. The summed E-state index contributed by atoms with van der Waals surface area (Å²) in [5, 5.41) is 0. The van der Waals surface area contributed by atoms with Crippen LogP contribution in [0.5, 0.6) is 0 Å². The molecule has 15 heavy (non-hydrogen) atoms. The van der Waals surface area contributed by atoms with Crippen LogP contribution in [-0.2, 0) is 0 Å². The van der Waals surface area contributed by atoms with Crippen LogP contribution in [0.3, 0.4) is 0 Å². The average Bonchev–Trinajstić information content (AvgIpc) is 2.17. The average molecular weight is 210 g/mol. The van der Waals surface area contributed by atoms with E-state index in [1.54, 1.807) is 11.1 Å². The van der Waals surface area contributed by atoms with E-state index in [1.807, 2.05) is 0 Å². The molecule has 0 heterocycles. The third-order valence-electron chi connectivity index (χ3n) is 3.57. The van der Waals surface area contributed by atoms with Crippen molar-refractivity contribution >= 4 is 0 Å². The van der Waals surface area contributed by atoms with Crippen molar-refractivity contribution in [3.63, 3.8) is 0 Å². The van der Waals surface area contributed by atoms with Crippen LogP contribution in [0.15, 0.2) is 11.1 Å². The predicted molar refractivity (Wildman–Crippen MR) is 71.1 cm³/mol. The highest BCUT2D eigenvalue weighted by molar-refractivity contribution is 5.12. The Bertz CT molecular complexity index is 188. The van der Waals surface area contributed by atoms with Gasteiger partial charge in [0.25, 0.3) is 0 Å². The van der Waals surface area contributed by atoms with Gasteiger partial charge in [-0.25, -0.2) is 0 Å². The summed E-state index contributed by atoms with van der Waals surface area (Å²) in [6, 6.07) is 0. The molecule has 0 radical (unpaired) electrons. The summed E-state index contributed by atoms with van der Waals surface area (Å²) < 4.78 is 0. The molecule has 0 aliphatic rings. The van der Waals surface area contributed by atoms with E-state index in [1.165, 1.54) is 32.1 Å². The highest BCUT2D eigenvalue weighted by Gasteiger charge is 2.09. The molecular formula is C15H30. The monoisotopic (exact) mass is 210 g/mol. The van der Waals surface area contributed by atoms with Gasteiger partial charge < -0.3 is 0 Å². The zero-order chi connectivity index (χ0) is 11.8. The van der Waals surface area contributed by atoms with Crippen molar-refractivity contribution in [3.8, 4) is 0 Å². The number of rotatable bonds is 7. The van der Waals surface area contributed by atoms with Gasteiger partial charge in [0.15, 0.2) is 0 Å². The van der Waals surface area contributed by atoms with E-state index in [2.05, 4.69) is 41.5 Å². The van der Waals surface area contributed by atoms with E-state index < -0.39 is 0 Å². The second kappa shape index (κ2) is 7.96. The molecule has 0 aromatic carbocycles. The minimum atomic E-state index is 0.781. The zero-order valence-electron chi connectivity index (χ0n) is 11.7. The fraction of sp³-hybridized carbons (Fsp3) is 0.867. The molecule has 0 aliphatic carbocycles. The highest BCUT2D eigenvalue weighted by atomic mass is 14.1. The Hall–Kier alpha value is -0.260. The summed E-state index contributed by atoms with van der Waals surface area (Å²) in [6.07, 6.45) is 6.63. The van der Waals surface area contributed by atoms with Gasteiger partial charge in [-0.15, -0.1) is 0 Å². The standard InChI is InChI=1S/C15H30/c1-7-9-12(3)11-14(5)15(6)13(4)10-8-2/h12-13H,7-11H2,1-6H3. The molecule has 2 unspecified atom stereocenters. The van der Waals surface area contributed by atoms with E-state index in [4.69, 9.17) is 0 Å². The first-order chi connectivity index (χ1) is 7.02. The molecule has 2 atom stereocenters. The van der Waals surface area contributed by atoms with Gasteiger partial charge in [-0.1, -0.05) is 58.1 Å². The molecular weight excluding hydrogens is 180 g/mol. The first-order valence-corrected chi connectivity index (χ1v) is 6.69. The van der Waals surface area contributed by atoms with E-state index in [0.29, 0.717) is 0 Å². The molecule has 0 spiro atoms. The van der Waals surface area contributed by atoms with Crippen LogP contribution in [0.1, 0.15) is 73.6 Å². The molecule has 0 rings (SSSR count). The number of allylic oxidation sites excluding steroid dienone is 2. The van der Waals surface area contributed by atoms with Crippen LogP contribution < -0.4 is 0 Å². The zero-order valence-corrected chi connectivity index (χ0v) is 11.7. The molecule has 0 nitrogen and oxygen atoms in total. The van der Waals surface area contributed by atoms with Crippen LogP contribution in [0.4, 0.5) is 0 Å². The SMILES string of the molecule is CCCC(C)CC(C)=C(C)C(C)CCC.